The van der Waals surface area contributed by atoms with Crippen LogP contribution in [0, 0.1) is 20.2 Å². The Hall–Kier alpha value is -6.04. The Labute approximate surface area is 224 Å². The van der Waals surface area contributed by atoms with Gasteiger partial charge in [-0.25, -0.2) is 0 Å². The number of nitro benzene ring substituents is 2. The van der Waals surface area contributed by atoms with Crippen molar-refractivity contribution in [1.29, 1.82) is 0 Å². The smallest absolute Gasteiger partial charge is 0.282 e. The number of hydrogen-bond donors (Lipinski definition) is 2. The van der Waals surface area contributed by atoms with E-state index in [0.29, 0.717) is 0 Å². The van der Waals surface area contributed by atoms with Crippen molar-refractivity contribution < 1.29 is 29.0 Å². The Morgan fingerprint density at radius 2 is 0.900 bits per heavy atom. The molecule has 0 bridgehead atoms. The van der Waals surface area contributed by atoms with Gasteiger partial charge in [-0.3, -0.25) is 39.4 Å². The Balaban J connectivity index is 1.62. The first-order chi connectivity index (χ1) is 19.2. The predicted molar refractivity (Wildman–Crippen MR) is 142 cm³/mol. The largest absolute Gasteiger partial charge is 0.321 e. The molecule has 0 atom stereocenters. The molecule has 40 heavy (non-hydrogen) atoms. The Morgan fingerprint density at radius 1 is 0.550 bits per heavy atom. The summed E-state index contributed by atoms with van der Waals surface area (Å²) >= 11 is 0. The molecule has 0 saturated carbocycles. The van der Waals surface area contributed by atoms with Crippen molar-refractivity contribution >= 4 is 46.1 Å². The van der Waals surface area contributed by atoms with Crippen LogP contribution in [0.1, 0.15) is 52.6 Å². The lowest BCUT2D eigenvalue weighted by Gasteiger charge is -2.23. The lowest BCUT2D eigenvalue weighted by Crippen LogP contribution is -2.26. The molecule has 0 radical (unpaired) electrons. The number of carbonyl (C=O) groups excluding carboxylic acids is 4. The molecular formula is C28H16N4O8. The lowest BCUT2D eigenvalue weighted by molar-refractivity contribution is -0.385. The highest BCUT2D eigenvalue weighted by Gasteiger charge is 2.35. The van der Waals surface area contributed by atoms with Crippen molar-refractivity contribution in [2.45, 2.75) is 0 Å². The second-order valence-electron chi connectivity index (χ2n) is 8.57. The number of rotatable bonds is 6. The van der Waals surface area contributed by atoms with E-state index in [1.165, 1.54) is 60.7 Å². The van der Waals surface area contributed by atoms with Gasteiger partial charge in [0.1, 0.15) is 11.1 Å². The van der Waals surface area contributed by atoms with E-state index in [4.69, 9.17) is 0 Å². The van der Waals surface area contributed by atoms with Crippen molar-refractivity contribution in [2.24, 2.45) is 0 Å². The number of ketones is 2. The van der Waals surface area contributed by atoms with E-state index in [0.717, 1.165) is 12.1 Å². The second kappa shape index (κ2) is 10.0. The highest BCUT2D eigenvalue weighted by atomic mass is 16.6. The van der Waals surface area contributed by atoms with Gasteiger partial charge in [-0.15, -0.1) is 0 Å². The summed E-state index contributed by atoms with van der Waals surface area (Å²) in [5, 5.41) is 27.8. The van der Waals surface area contributed by atoms with E-state index in [1.54, 1.807) is 12.1 Å². The summed E-state index contributed by atoms with van der Waals surface area (Å²) in [6.45, 7) is 0. The minimum absolute atomic E-state index is 0.0587. The van der Waals surface area contributed by atoms with Crippen molar-refractivity contribution in [3.05, 3.63) is 139 Å². The zero-order valence-electron chi connectivity index (χ0n) is 20.2. The van der Waals surface area contributed by atoms with Crippen LogP contribution in [0.2, 0.25) is 0 Å². The molecule has 2 amide bonds. The zero-order valence-corrected chi connectivity index (χ0v) is 20.2. The molecule has 5 rings (SSSR count). The Morgan fingerprint density at radius 3 is 1.27 bits per heavy atom. The summed E-state index contributed by atoms with van der Waals surface area (Å²) in [7, 11) is 0. The number of nitrogens with one attached hydrogen (secondary N) is 2. The van der Waals surface area contributed by atoms with Gasteiger partial charge in [-0.1, -0.05) is 48.5 Å². The van der Waals surface area contributed by atoms with Gasteiger partial charge >= 0.3 is 0 Å². The number of para-hydroxylation sites is 2. The molecule has 0 saturated heterocycles. The van der Waals surface area contributed by atoms with E-state index in [2.05, 4.69) is 10.6 Å². The van der Waals surface area contributed by atoms with Crippen LogP contribution >= 0.6 is 0 Å². The summed E-state index contributed by atoms with van der Waals surface area (Å²) in [5.41, 5.74) is -2.07. The fourth-order valence-corrected chi connectivity index (χ4v) is 4.46. The van der Waals surface area contributed by atoms with Crippen LogP contribution in [0.25, 0.3) is 0 Å². The molecule has 0 spiro atoms. The topological polar surface area (TPSA) is 179 Å². The van der Waals surface area contributed by atoms with Crippen molar-refractivity contribution in [2.75, 3.05) is 10.6 Å². The molecule has 4 aromatic rings. The number of nitrogens with zero attached hydrogens (tertiary/aromatic N) is 2. The van der Waals surface area contributed by atoms with E-state index >= 15 is 0 Å². The quantitative estimate of drug-likeness (QED) is 0.230. The van der Waals surface area contributed by atoms with Crippen LogP contribution < -0.4 is 10.6 Å². The first-order valence-corrected chi connectivity index (χ1v) is 11.6. The summed E-state index contributed by atoms with van der Waals surface area (Å²) in [4.78, 5) is 74.7. The third kappa shape index (κ3) is 4.35. The van der Waals surface area contributed by atoms with Crippen LogP contribution in [0.5, 0.6) is 0 Å². The third-order valence-corrected chi connectivity index (χ3v) is 6.26. The first kappa shape index (κ1) is 25.6. The summed E-state index contributed by atoms with van der Waals surface area (Å²) in [6, 6.07) is 18.9. The van der Waals surface area contributed by atoms with Gasteiger partial charge in [0, 0.05) is 23.3 Å². The molecule has 12 nitrogen and oxygen atoms in total. The van der Waals surface area contributed by atoms with Gasteiger partial charge < -0.3 is 10.6 Å². The minimum Gasteiger partial charge on any atom is -0.321 e. The standard InChI is InChI=1S/C28H16N4O8/c33-25-15-7-1-2-8-16(15)26(34)24-20(30-28(36)18-10-4-6-12-22(18)32(39)40)14-13-19(23(24)25)29-27(35)17-9-3-5-11-21(17)31(37)38/h1-14H,(H,29,35)(H,30,36). The summed E-state index contributed by atoms with van der Waals surface area (Å²) in [5.74, 6) is -3.06. The number of benzene rings is 4. The fourth-order valence-electron chi connectivity index (χ4n) is 4.46. The average Bonchev–Trinajstić information content (AvgIpc) is 2.96. The number of carbonyl (C=O) groups is 4. The number of fused-ring (bicyclic) bond motifs is 2. The lowest BCUT2D eigenvalue weighted by atomic mass is 9.82. The van der Waals surface area contributed by atoms with Gasteiger partial charge in [-0.05, 0) is 24.3 Å². The highest BCUT2D eigenvalue weighted by Crippen LogP contribution is 2.37. The van der Waals surface area contributed by atoms with Gasteiger partial charge in [0.05, 0.1) is 32.3 Å². The van der Waals surface area contributed by atoms with Crippen LogP contribution in [0.3, 0.4) is 0 Å². The van der Waals surface area contributed by atoms with Crippen LogP contribution in [-0.2, 0) is 0 Å². The fraction of sp³-hybridized carbons (Fsp3) is 0. The van der Waals surface area contributed by atoms with Crippen LogP contribution in [-0.4, -0.2) is 33.2 Å². The maximum absolute atomic E-state index is 13.6. The monoisotopic (exact) mass is 536 g/mol. The van der Waals surface area contributed by atoms with Crippen LogP contribution in [0.15, 0.2) is 84.9 Å². The van der Waals surface area contributed by atoms with Crippen molar-refractivity contribution in [3.8, 4) is 0 Å². The molecule has 196 valence electrons. The van der Waals surface area contributed by atoms with Gasteiger partial charge in [0.15, 0.2) is 11.6 Å². The van der Waals surface area contributed by atoms with E-state index in [9.17, 15) is 39.4 Å². The highest BCUT2D eigenvalue weighted by molar-refractivity contribution is 6.33. The Kier molecular flexibility index (Phi) is 6.41. The molecule has 12 heteroatoms. The van der Waals surface area contributed by atoms with Gasteiger partial charge in [0.25, 0.3) is 23.2 Å². The van der Waals surface area contributed by atoms with E-state index in [-0.39, 0.29) is 44.8 Å². The number of nitro groups is 2. The second-order valence-corrected chi connectivity index (χ2v) is 8.57. The molecule has 1 aliphatic carbocycles. The first-order valence-electron chi connectivity index (χ1n) is 11.6. The number of anilines is 2. The maximum atomic E-state index is 13.6. The average molecular weight is 536 g/mol. The molecule has 0 aliphatic heterocycles. The Bertz CT molecular complexity index is 1670. The predicted octanol–water partition coefficient (Wildman–Crippen LogP) is 4.78. The molecule has 0 aromatic heterocycles. The third-order valence-electron chi connectivity index (χ3n) is 6.26. The molecule has 2 N–H and O–H groups in total. The summed E-state index contributed by atoms with van der Waals surface area (Å²) in [6.07, 6.45) is 0. The SMILES string of the molecule is O=C(Nc1ccc(NC(=O)c2ccccc2[N+](=O)[O-])c2c1C(=O)c1ccccc1C2=O)c1ccccc1[N+](=O)[O-]. The van der Waals surface area contributed by atoms with Crippen LogP contribution in [0.4, 0.5) is 22.7 Å². The van der Waals surface area contributed by atoms with Crippen molar-refractivity contribution in [3.63, 3.8) is 0 Å². The van der Waals surface area contributed by atoms with Gasteiger partial charge in [0.2, 0.25) is 0 Å². The van der Waals surface area contributed by atoms with Gasteiger partial charge in [-0.2, -0.15) is 0 Å². The molecule has 0 fully saturated rings. The molecule has 0 heterocycles. The number of hydrogen-bond acceptors (Lipinski definition) is 8. The molecule has 4 aromatic carbocycles. The van der Waals surface area contributed by atoms with Crippen molar-refractivity contribution in [1.82, 2.24) is 0 Å². The zero-order chi connectivity index (χ0) is 28.6. The van der Waals surface area contributed by atoms with E-state index < -0.39 is 44.6 Å². The summed E-state index contributed by atoms with van der Waals surface area (Å²) < 4.78 is 0. The molecule has 1 aliphatic rings. The van der Waals surface area contributed by atoms with E-state index in [1.807, 2.05) is 0 Å². The maximum Gasteiger partial charge on any atom is 0.282 e. The molecule has 0 unspecified atom stereocenters. The number of amides is 2. The minimum atomic E-state index is -0.898. The normalized spacial score (nSPS) is 11.7. The molecular weight excluding hydrogens is 520 g/mol.